The van der Waals surface area contributed by atoms with Crippen LogP contribution in [-0.2, 0) is 25.4 Å². The minimum Gasteiger partial charge on any atom is -0.497 e. The molecule has 1 aromatic heterocycles. The quantitative estimate of drug-likeness (QED) is 0.372. The first-order chi connectivity index (χ1) is 21.3. The molecule has 6 rings (SSSR count). The predicted octanol–water partition coefficient (Wildman–Crippen LogP) is 2.75. The van der Waals surface area contributed by atoms with E-state index >= 15 is 0 Å². The second-order valence-electron chi connectivity index (χ2n) is 11.8. The van der Waals surface area contributed by atoms with Crippen molar-refractivity contribution in [2.24, 2.45) is 17.8 Å². The van der Waals surface area contributed by atoms with E-state index in [0.717, 1.165) is 37.2 Å². The van der Waals surface area contributed by atoms with Gasteiger partial charge in [0.05, 0.1) is 65.8 Å². The van der Waals surface area contributed by atoms with E-state index in [0.29, 0.717) is 23.7 Å². The molecule has 2 fully saturated rings. The summed E-state index contributed by atoms with van der Waals surface area (Å²) in [5, 5.41) is 1.23. The van der Waals surface area contributed by atoms with Crippen molar-refractivity contribution >= 4 is 22.8 Å². The number of hydrogen-bond acceptors (Lipinski definition) is 9. The highest BCUT2D eigenvalue weighted by molar-refractivity contribution is 5.91. The maximum Gasteiger partial charge on any atom is 0.338 e. The summed E-state index contributed by atoms with van der Waals surface area (Å²) in [6.07, 6.45) is 1.04. The van der Waals surface area contributed by atoms with E-state index in [9.17, 15) is 9.59 Å². The van der Waals surface area contributed by atoms with E-state index < -0.39 is 24.1 Å². The van der Waals surface area contributed by atoms with Crippen LogP contribution in [0.2, 0.25) is 0 Å². The Labute approximate surface area is 256 Å². The molecule has 1 aliphatic carbocycles. The van der Waals surface area contributed by atoms with Crippen molar-refractivity contribution in [3.05, 3.63) is 47.2 Å². The largest absolute Gasteiger partial charge is 0.497 e. The number of nitrogens with one attached hydrogen (secondary N) is 2. The lowest BCUT2D eigenvalue weighted by molar-refractivity contribution is -0.945. The van der Waals surface area contributed by atoms with Crippen molar-refractivity contribution in [3.63, 3.8) is 0 Å². The fourth-order valence-electron chi connectivity index (χ4n) is 7.96. The van der Waals surface area contributed by atoms with Crippen LogP contribution in [0.3, 0.4) is 0 Å². The fraction of sp³-hybridized carbons (Fsp3) is 0.515. The van der Waals surface area contributed by atoms with Gasteiger partial charge < -0.3 is 43.0 Å². The van der Waals surface area contributed by atoms with Crippen molar-refractivity contribution in [1.29, 1.82) is 0 Å². The molecule has 3 aliphatic rings. The first-order valence-corrected chi connectivity index (χ1v) is 15.0. The average molecular weight is 610 g/mol. The number of carbonyl (C=O) groups excluding carboxylic acids is 2. The number of aromatic nitrogens is 1. The Balaban J connectivity index is 1.29. The number of quaternary nitrogens is 1. The van der Waals surface area contributed by atoms with Crippen molar-refractivity contribution < 1.29 is 47.6 Å². The molecule has 3 heterocycles. The van der Waals surface area contributed by atoms with E-state index in [1.165, 1.54) is 50.0 Å². The number of H-pyrrole nitrogens is 1. The van der Waals surface area contributed by atoms with Crippen molar-refractivity contribution in [2.45, 2.75) is 37.5 Å². The van der Waals surface area contributed by atoms with Gasteiger partial charge in [-0.05, 0) is 42.2 Å². The molecule has 0 bridgehead atoms. The molecule has 11 heteroatoms. The van der Waals surface area contributed by atoms with Crippen LogP contribution < -0.4 is 23.8 Å². The number of carbonyl (C=O) groups is 2. The van der Waals surface area contributed by atoms with Gasteiger partial charge in [0.25, 0.3) is 0 Å². The second kappa shape index (κ2) is 12.2. The van der Waals surface area contributed by atoms with Gasteiger partial charge >= 0.3 is 11.9 Å². The summed E-state index contributed by atoms with van der Waals surface area (Å²) in [4.78, 5) is 32.2. The van der Waals surface area contributed by atoms with Gasteiger partial charge in [0.2, 0.25) is 5.75 Å². The van der Waals surface area contributed by atoms with Gasteiger partial charge in [-0.3, -0.25) is 4.79 Å². The zero-order chi connectivity index (χ0) is 31.1. The minimum atomic E-state index is -0.661. The number of esters is 2. The molecule has 3 aromatic rings. The third kappa shape index (κ3) is 5.01. The molecule has 2 aliphatic heterocycles. The Hall–Kier alpha value is -3.96. The number of piperidine rings is 1. The summed E-state index contributed by atoms with van der Waals surface area (Å²) in [6, 6.07) is 9.51. The summed E-state index contributed by atoms with van der Waals surface area (Å²) in [6.45, 7) is 1.85. The second-order valence-corrected chi connectivity index (χ2v) is 11.8. The molecule has 11 nitrogen and oxygen atoms in total. The average Bonchev–Trinajstić information content (AvgIpc) is 3.43. The molecule has 1 saturated carbocycles. The molecule has 2 aromatic carbocycles. The molecule has 1 saturated heterocycles. The summed E-state index contributed by atoms with van der Waals surface area (Å²) in [5.41, 5.74) is 3.90. The Morgan fingerprint density at radius 2 is 1.66 bits per heavy atom. The van der Waals surface area contributed by atoms with Crippen LogP contribution in [0.5, 0.6) is 23.0 Å². The predicted molar refractivity (Wildman–Crippen MR) is 160 cm³/mol. The Bertz CT molecular complexity index is 1530. The number of benzene rings is 2. The molecule has 44 heavy (non-hydrogen) atoms. The van der Waals surface area contributed by atoms with Gasteiger partial charge in [-0.25, -0.2) is 4.79 Å². The molecular weight excluding hydrogens is 568 g/mol. The van der Waals surface area contributed by atoms with Crippen molar-refractivity contribution in [3.8, 4) is 23.0 Å². The summed E-state index contributed by atoms with van der Waals surface area (Å²) >= 11 is 0. The van der Waals surface area contributed by atoms with Gasteiger partial charge in [-0.1, -0.05) is 0 Å². The van der Waals surface area contributed by atoms with E-state index in [4.69, 9.17) is 33.2 Å². The monoisotopic (exact) mass is 609 g/mol. The summed E-state index contributed by atoms with van der Waals surface area (Å²) < 4.78 is 39.1. The fourth-order valence-corrected chi connectivity index (χ4v) is 7.96. The summed E-state index contributed by atoms with van der Waals surface area (Å²) in [7, 11) is 9.12. The molecule has 1 unspecified atom stereocenters. The SMILES string of the molecule is COC(=O)[C@@H]1[C@@H]2C[C@@H]3c4[nH]c5cc(OC)ccc5c4CC[NH+]3C[C@H]2C[C@H](OC(=O)c2cc(OC)c(OC)c(OC)c2)[C@@H]1OC. The normalized spacial score (nSPS) is 27.4. The first kappa shape index (κ1) is 30.1. The van der Waals surface area contributed by atoms with Gasteiger partial charge in [0, 0.05) is 42.8 Å². The van der Waals surface area contributed by atoms with E-state index in [2.05, 4.69) is 11.1 Å². The zero-order valence-electron chi connectivity index (χ0n) is 26.1. The lowest BCUT2D eigenvalue weighted by Gasteiger charge is -2.50. The number of ether oxygens (including phenoxy) is 7. The molecular formula is C33H41N2O9+. The van der Waals surface area contributed by atoms with Crippen LogP contribution in [0.15, 0.2) is 30.3 Å². The lowest BCUT2D eigenvalue weighted by Crippen LogP contribution is -3.15. The third-order valence-corrected chi connectivity index (χ3v) is 9.94. The van der Waals surface area contributed by atoms with Crippen LogP contribution in [0, 0.1) is 17.8 Å². The number of hydrogen-bond donors (Lipinski definition) is 2. The molecule has 0 radical (unpaired) electrons. The van der Waals surface area contributed by atoms with Crippen molar-refractivity contribution in [2.75, 3.05) is 55.7 Å². The highest BCUT2D eigenvalue weighted by atomic mass is 16.6. The van der Waals surface area contributed by atoms with Gasteiger partial charge in [0.15, 0.2) is 11.5 Å². The van der Waals surface area contributed by atoms with Gasteiger partial charge in [-0.2, -0.15) is 0 Å². The Kier molecular flexibility index (Phi) is 8.34. The highest BCUT2D eigenvalue weighted by Gasteiger charge is 2.56. The molecule has 0 amide bonds. The minimum absolute atomic E-state index is 0.00387. The van der Waals surface area contributed by atoms with Crippen LogP contribution in [0.4, 0.5) is 0 Å². The van der Waals surface area contributed by atoms with Gasteiger partial charge in [-0.15, -0.1) is 0 Å². The Morgan fingerprint density at radius 3 is 2.30 bits per heavy atom. The summed E-state index contributed by atoms with van der Waals surface area (Å²) in [5.74, 6) is 0.544. The Morgan fingerprint density at radius 1 is 0.909 bits per heavy atom. The van der Waals surface area contributed by atoms with Crippen LogP contribution in [0.1, 0.15) is 40.5 Å². The third-order valence-electron chi connectivity index (χ3n) is 9.94. The molecule has 0 spiro atoms. The number of fused-ring (bicyclic) bond motifs is 6. The maximum absolute atomic E-state index is 13.5. The highest BCUT2D eigenvalue weighted by Crippen LogP contribution is 2.46. The maximum atomic E-state index is 13.5. The van der Waals surface area contributed by atoms with Crippen LogP contribution in [-0.4, -0.2) is 84.9 Å². The van der Waals surface area contributed by atoms with Gasteiger partial charge in [0.1, 0.15) is 24.0 Å². The smallest absolute Gasteiger partial charge is 0.338 e. The molecule has 236 valence electrons. The number of rotatable bonds is 8. The molecule has 2 N–H and O–H groups in total. The number of methoxy groups -OCH3 is 6. The zero-order valence-corrected chi connectivity index (χ0v) is 26.1. The van der Waals surface area contributed by atoms with E-state index in [1.807, 2.05) is 12.1 Å². The standard InChI is InChI=1S/C33H40N2O9/c1-38-19-7-8-20-21-9-10-35-16-18-13-27(44-32(36)17-11-25(39-2)30(41-4)26(12-17)40-3)31(42-5)28(33(37)43-6)22(18)15-24(35)29(21)34-23(20)14-19/h7-8,11-12,14,18,22,24,27-28,31,34H,9-10,13,15-16H2,1-6H3/p+1/t18-,22-,24-,27+,28-,31+/m1/s1. The van der Waals surface area contributed by atoms with E-state index in [1.54, 1.807) is 26.4 Å². The molecule has 7 atom stereocenters. The number of aromatic amines is 1. The first-order valence-electron chi connectivity index (χ1n) is 15.0. The van der Waals surface area contributed by atoms with Crippen molar-refractivity contribution in [1.82, 2.24) is 4.98 Å². The topological polar surface area (TPSA) is 119 Å². The van der Waals surface area contributed by atoms with Crippen LogP contribution in [0.25, 0.3) is 10.9 Å². The lowest BCUT2D eigenvalue weighted by atomic mass is 9.63. The van der Waals surface area contributed by atoms with Crippen LogP contribution >= 0.6 is 0 Å². The van der Waals surface area contributed by atoms with E-state index in [-0.39, 0.29) is 29.4 Å².